The topological polar surface area (TPSA) is 42.4 Å². The van der Waals surface area contributed by atoms with Gasteiger partial charge in [-0.05, 0) is 37.1 Å². The lowest BCUT2D eigenvalue weighted by atomic mass is 10.2. The van der Waals surface area contributed by atoms with Gasteiger partial charge in [0.25, 0.3) is 0 Å². The van der Waals surface area contributed by atoms with Gasteiger partial charge in [-0.2, -0.15) is 0 Å². The van der Waals surface area contributed by atoms with Crippen LogP contribution < -0.4 is 4.90 Å². The Morgan fingerprint density at radius 1 is 1.19 bits per heavy atom. The normalized spacial score (nSPS) is 16.7. The zero-order chi connectivity index (χ0) is 18.5. The monoisotopic (exact) mass is 398 g/mol. The van der Waals surface area contributed by atoms with Crippen molar-refractivity contribution in [1.82, 2.24) is 4.98 Å². The molecule has 1 aliphatic heterocycles. The average Bonchev–Trinajstić information content (AvgIpc) is 3.36. The quantitative estimate of drug-likeness (QED) is 0.526. The molecule has 2 aromatic carbocycles. The summed E-state index contributed by atoms with van der Waals surface area (Å²) in [4.78, 5) is 20.8. The fraction of sp³-hybridized carbons (Fsp3) is 0.333. The van der Waals surface area contributed by atoms with Gasteiger partial charge in [-0.1, -0.05) is 41.7 Å². The maximum Gasteiger partial charge on any atom is 0.229 e. The molecule has 1 amide bonds. The molecule has 1 fully saturated rings. The third-order valence-electron chi connectivity index (χ3n) is 4.55. The minimum absolute atomic E-state index is 0.114. The van der Waals surface area contributed by atoms with E-state index in [0.29, 0.717) is 13.0 Å². The summed E-state index contributed by atoms with van der Waals surface area (Å²) >= 11 is 3.29. The molecule has 2 heterocycles. The van der Waals surface area contributed by atoms with Crippen molar-refractivity contribution in [2.24, 2.45) is 0 Å². The van der Waals surface area contributed by atoms with Gasteiger partial charge in [0.2, 0.25) is 5.91 Å². The Hall–Kier alpha value is -1.89. The molecular formula is C21H22N2O2S2. The van der Waals surface area contributed by atoms with Crippen molar-refractivity contribution in [3.05, 3.63) is 54.6 Å². The highest BCUT2D eigenvalue weighted by atomic mass is 32.2. The van der Waals surface area contributed by atoms with Gasteiger partial charge in [0.15, 0.2) is 5.13 Å². The first-order valence-electron chi connectivity index (χ1n) is 9.25. The number of benzene rings is 2. The van der Waals surface area contributed by atoms with Crippen molar-refractivity contribution in [3.8, 4) is 0 Å². The van der Waals surface area contributed by atoms with Gasteiger partial charge >= 0.3 is 0 Å². The second-order valence-electron chi connectivity index (χ2n) is 6.52. The van der Waals surface area contributed by atoms with Crippen LogP contribution in [0.1, 0.15) is 19.3 Å². The number of para-hydroxylation sites is 1. The number of thioether (sulfide) groups is 1. The van der Waals surface area contributed by atoms with E-state index in [4.69, 9.17) is 9.72 Å². The predicted octanol–water partition coefficient (Wildman–Crippen LogP) is 4.99. The standard InChI is InChI=1S/C21H22N2O2S2/c24-20(12-14-26-17-8-2-1-3-9-17)23(15-16-7-6-13-25-16)21-22-18-10-4-5-11-19(18)27-21/h1-5,8-11,16H,6-7,12-15H2. The summed E-state index contributed by atoms with van der Waals surface area (Å²) in [6.45, 7) is 1.38. The molecule has 4 nitrogen and oxygen atoms in total. The maximum atomic E-state index is 13.0. The number of nitrogens with zero attached hydrogens (tertiary/aromatic N) is 2. The van der Waals surface area contributed by atoms with Gasteiger partial charge in [-0.15, -0.1) is 11.8 Å². The average molecular weight is 399 g/mol. The van der Waals surface area contributed by atoms with Crippen LogP contribution in [-0.4, -0.2) is 35.9 Å². The fourth-order valence-corrected chi connectivity index (χ4v) is 5.02. The van der Waals surface area contributed by atoms with E-state index >= 15 is 0 Å². The zero-order valence-corrected chi connectivity index (χ0v) is 16.7. The summed E-state index contributed by atoms with van der Waals surface area (Å²) in [5.41, 5.74) is 0.946. The minimum atomic E-state index is 0.114. The van der Waals surface area contributed by atoms with Gasteiger partial charge in [0.1, 0.15) is 0 Å². The Balaban J connectivity index is 1.47. The molecule has 1 saturated heterocycles. The molecule has 4 rings (SSSR count). The lowest BCUT2D eigenvalue weighted by molar-refractivity contribution is -0.118. The number of carbonyl (C=O) groups is 1. The molecule has 0 aliphatic carbocycles. The summed E-state index contributed by atoms with van der Waals surface area (Å²) in [5, 5.41) is 0.779. The van der Waals surface area contributed by atoms with Crippen LogP contribution in [-0.2, 0) is 9.53 Å². The van der Waals surface area contributed by atoms with E-state index in [2.05, 4.69) is 18.2 Å². The number of hydrogen-bond acceptors (Lipinski definition) is 5. The summed E-state index contributed by atoms with van der Waals surface area (Å²) in [7, 11) is 0. The van der Waals surface area contributed by atoms with Crippen LogP contribution in [0, 0.1) is 0 Å². The number of anilines is 1. The third kappa shape index (κ3) is 4.69. The van der Waals surface area contributed by atoms with E-state index < -0.39 is 0 Å². The van der Waals surface area contributed by atoms with E-state index in [1.807, 2.05) is 41.3 Å². The van der Waals surface area contributed by atoms with Crippen LogP contribution in [0.25, 0.3) is 10.2 Å². The van der Waals surface area contributed by atoms with Crippen molar-refractivity contribution in [1.29, 1.82) is 0 Å². The second kappa shape index (κ2) is 8.87. The molecule has 3 aromatic rings. The molecule has 0 radical (unpaired) electrons. The zero-order valence-electron chi connectivity index (χ0n) is 15.0. The number of fused-ring (bicyclic) bond motifs is 1. The van der Waals surface area contributed by atoms with Crippen molar-refractivity contribution in [2.75, 3.05) is 23.8 Å². The Morgan fingerprint density at radius 3 is 2.78 bits per heavy atom. The van der Waals surface area contributed by atoms with Gasteiger partial charge in [-0.25, -0.2) is 4.98 Å². The Bertz CT molecular complexity index is 858. The van der Waals surface area contributed by atoms with Gasteiger partial charge in [0, 0.05) is 23.7 Å². The minimum Gasteiger partial charge on any atom is -0.376 e. The molecule has 6 heteroatoms. The van der Waals surface area contributed by atoms with Crippen LogP contribution in [0.15, 0.2) is 59.5 Å². The van der Waals surface area contributed by atoms with E-state index in [1.165, 1.54) is 4.90 Å². The van der Waals surface area contributed by atoms with Crippen LogP contribution in [0.5, 0.6) is 0 Å². The molecule has 1 atom stereocenters. The van der Waals surface area contributed by atoms with Crippen molar-refractivity contribution in [2.45, 2.75) is 30.3 Å². The molecule has 1 aliphatic rings. The van der Waals surface area contributed by atoms with Crippen LogP contribution >= 0.6 is 23.1 Å². The fourth-order valence-electron chi connectivity index (χ4n) is 3.16. The van der Waals surface area contributed by atoms with E-state index in [9.17, 15) is 4.79 Å². The Labute approximate surface area is 167 Å². The first-order chi connectivity index (χ1) is 13.3. The molecule has 1 aromatic heterocycles. The van der Waals surface area contributed by atoms with E-state index in [-0.39, 0.29) is 12.0 Å². The molecule has 1 unspecified atom stereocenters. The third-order valence-corrected chi connectivity index (χ3v) is 6.63. The van der Waals surface area contributed by atoms with Crippen LogP contribution in [0.3, 0.4) is 0 Å². The molecule has 0 saturated carbocycles. The number of thiazole rings is 1. The van der Waals surface area contributed by atoms with Gasteiger partial charge in [-0.3, -0.25) is 9.69 Å². The van der Waals surface area contributed by atoms with Crippen LogP contribution in [0.2, 0.25) is 0 Å². The lowest BCUT2D eigenvalue weighted by Gasteiger charge is -2.23. The molecular weight excluding hydrogens is 376 g/mol. The maximum absolute atomic E-state index is 13.0. The molecule has 140 valence electrons. The second-order valence-corrected chi connectivity index (χ2v) is 8.69. The van der Waals surface area contributed by atoms with E-state index in [1.54, 1.807) is 23.1 Å². The first kappa shape index (κ1) is 18.5. The molecule has 27 heavy (non-hydrogen) atoms. The summed E-state index contributed by atoms with van der Waals surface area (Å²) in [5.74, 6) is 0.878. The number of aromatic nitrogens is 1. The highest BCUT2D eigenvalue weighted by Crippen LogP contribution is 2.30. The number of ether oxygens (including phenoxy) is 1. The summed E-state index contributed by atoms with van der Waals surface area (Å²) in [6, 6.07) is 18.2. The van der Waals surface area contributed by atoms with Gasteiger partial charge < -0.3 is 4.74 Å². The highest BCUT2D eigenvalue weighted by molar-refractivity contribution is 7.99. The Kier molecular flexibility index (Phi) is 6.07. The number of rotatable bonds is 7. The highest BCUT2D eigenvalue weighted by Gasteiger charge is 2.25. The molecule has 0 spiro atoms. The largest absolute Gasteiger partial charge is 0.376 e. The van der Waals surface area contributed by atoms with Crippen molar-refractivity contribution < 1.29 is 9.53 Å². The number of amides is 1. The predicted molar refractivity (Wildman–Crippen MR) is 113 cm³/mol. The van der Waals surface area contributed by atoms with Crippen molar-refractivity contribution in [3.63, 3.8) is 0 Å². The first-order valence-corrected chi connectivity index (χ1v) is 11.1. The summed E-state index contributed by atoms with van der Waals surface area (Å²) in [6.07, 6.45) is 2.68. The smallest absolute Gasteiger partial charge is 0.229 e. The van der Waals surface area contributed by atoms with Gasteiger partial charge in [0.05, 0.1) is 22.9 Å². The molecule has 0 N–H and O–H groups in total. The SMILES string of the molecule is O=C(CCSc1ccccc1)N(CC1CCCO1)c1nc2ccccc2s1. The molecule has 0 bridgehead atoms. The Morgan fingerprint density at radius 2 is 2.00 bits per heavy atom. The lowest BCUT2D eigenvalue weighted by Crippen LogP contribution is -2.37. The van der Waals surface area contributed by atoms with E-state index in [0.717, 1.165) is 40.5 Å². The van der Waals surface area contributed by atoms with Crippen molar-refractivity contribution >= 4 is 44.4 Å². The van der Waals surface area contributed by atoms with Crippen LogP contribution in [0.4, 0.5) is 5.13 Å². The number of carbonyl (C=O) groups excluding carboxylic acids is 1. The number of hydrogen-bond donors (Lipinski definition) is 0. The summed E-state index contributed by atoms with van der Waals surface area (Å²) < 4.78 is 6.89.